The van der Waals surface area contributed by atoms with Crippen molar-refractivity contribution in [1.29, 1.82) is 0 Å². The number of likely N-dealkylation sites (tertiary alicyclic amines) is 2. The highest BCUT2D eigenvalue weighted by Crippen LogP contribution is 2.36. The van der Waals surface area contributed by atoms with E-state index in [2.05, 4.69) is 15.9 Å². The molecule has 2 fully saturated rings. The van der Waals surface area contributed by atoms with Crippen molar-refractivity contribution in [3.8, 4) is 0 Å². The van der Waals surface area contributed by atoms with Gasteiger partial charge in [0.15, 0.2) is 0 Å². The molecule has 0 aromatic carbocycles. The van der Waals surface area contributed by atoms with E-state index in [-0.39, 0.29) is 11.4 Å². The Morgan fingerprint density at radius 3 is 2.76 bits per heavy atom. The summed E-state index contributed by atoms with van der Waals surface area (Å²) in [6, 6.07) is 4.09. The van der Waals surface area contributed by atoms with Gasteiger partial charge in [0.25, 0.3) is 0 Å². The molecule has 116 valence electrons. The van der Waals surface area contributed by atoms with Crippen LogP contribution in [0.3, 0.4) is 0 Å². The van der Waals surface area contributed by atoms with Gasteiger partial charge in [0.05, 0.1) is 12.1 Å². The van der Waals surface area contributed by atoms with Crippen LogP contribution in [0.15, 0.2) is 16.5 Å². The minimum atomic E-state index is 0.0734. The second-order valence-electron chi connectivity index (χ2n) is 6.68. The van der Waals surface area contributed by atoms with Gasteiger partial charge in [0, 0.05) is 20.0 Å². The molecule has 0 aliphatic carbocycles. The standard InChI is InChI=1S/C17H26N2O2/c1-14-6-7-16(21-14)12-18-10-5-9-17(13-18)8-3-4-11-19(17)15(2)20/h6-7H,3-5,8-13H2,1-2H3. The highest BCUT2D eigenvalue weighted by Gasteiger charge is 2.43. The molecular formula is C17H26N2O2. The molecule has 2 aliphatic heterocycles. The van der Waals surface area contributed by atoms with Gasteiger partial charge in [0.1, 0.15) is 11.5 Å². The lowest BCUT2D eigenvalue weighted by molar-refractivity contribution is -0.141. The van der Waals surface area contributed by atoms with Crippen LogP contribution in [0.25, 0.3) is 0 Å². The Hall–Kier alpha value is -1.29. The molecule has 0 radical (unpaired) electrons. The Morgan fingerprint density at radius 1 is 1.24 bits per heavy atom. The Morgan fingerprint density at radius 2 is 2.05 bits per heavy atom. The lowest BCUT2D eigenvalue weighted by atomic mass is 9.79. The Balaban J connectivity index is 1.73. The second-order valence-corrected chi connectivity index (χ2v) is 6.68. The Bertz CT molecular complexity index is 507. The van der Waals surface area contributed by atoms with Gasteiger partial charge >= 0.3 is 0 Å². The number of hydrogen-bond donors (Lipinski definition) is 0. The number of piperidine rings is 2. The van der Waals surface area contributed by atoms with Crippen molar-refractivity contribution in [2.75, 3.05) is 19.6 Å². The molecule has 4 nitrogen and oxygen atoms in total. The quantitative estimate of drug-likeness (QED) is 0.840. The second kappa shape index (κ2) is 5.84. The van der Waals surface area contributed by atoms with Crippen molar-refractivity contribution in [3.05, 3.63) is 23.7 Å². The lowest BCUT2D eigenvalue weighted by Crippen LogP contribution is -2.61. The van der Waals surface area contributed by atoms with Gasteiger partial charge in [-0.3, -0.25) is 9.69 Å². The van der Waals surface area contributed by atoms with Crippen LogP contribution < -0.4 is 0 Å². The predicted molar refractivity (Wildman–Crippen MR) is 81.9 cm³/mol. The van der Waals surface area contributed by atoms with Gasteiger partial charge in [-0.1, -0.05) is 0 Å². The normalized spacial score (nSPS) is 27.2. The summed E-state index contributed by atoms with van der Waals surface area (Å²) in [6.45, 7) is 7.60. The number of amides is 1. The fourth-order valence-electron chi connectivity index (χ4n) is 4.14. The summed E-state index contributed by atoms with van der Waals surface area (Å²) in [5.74, 6) is 2.25. The van der Waals surface area contributed by atoms with Crippen molar-refractivity contribution in [2.24, 2.45) is 0 Å². The van der Waals surface area contributed by atoms with E-state index in [1.165, 1.54) is 12.8 Å². The van der Waals surface area contributed by atoms with E-state index in [1.54, 1.807) is 6.92 Å². The molecule has 1 unspecified atom stereocenters. The first kappa shape index (κ1) is 14.6. The van der Waals surface area contributed by atoms with Crippen LogP contribution in [0, 0.1) is 6.92 Å². The Kier molecular flexibility index (Phi) is 4.07. The molecule has 3 heterocycles. The SMILES string of the molecule is CC(=O)N1CCCCC12CCCN(Cc1ccc(C)o1)C2. The van der Waals surface area contributed by atoms with Crippen molar-refractivity contribution in [1.82, 2.24) is 9.80 Å². The number of aryl methyl sites for hydroxylation is 1. The van der Waals surface area contributed by atoms with E-state index >= 15 is 0 Å². The maximum Gasteiger partial charge on any atom is 0.219 e. The van der Waals surface area contributed by atoms with E-state index in [0.717, 1.165) is 57.0 Å². The lowest BCUT2D eigenvalue weighted by Gasteiger charge is -2.52. The van der Waals surface area contributed by atoms with E-state index in [1.807, 2.05) is 13.0 Å². The summed E-state index contributed by atoms with van der Waals surface area (Å²) < 4.78 is 5.71. The molecule has 0 N–H and O–H groups in total. The monoisotopic (exact) mass is 290 g/mol. The molecular weight excluding hydrogens is 264 g/mol. The molecule has 4 heteroatoms. The number of furan rings is 1. The summed E-state index contributed by atoms with van der Waals surface area (Å²) in [7, 11) is 0. The van der Waals surface area contributed by atoms with Crippen LogP contribution in [0.1, 0.15) is 50.5 Å². The van der Waals surface area contributed by atoms with Crippen LogP contribution in [0.4, 0.5) is 0 Å². The van der Waals surface area contributed by atoms with Crippen molar-refractivity contribution in [2.45, 2.75) is 58.0 Å². The molecule has 3 rings (SSSR count). The third-order valence-corrected chi connectivity index (χ3v) is 5.04. The maximum atomic E-state index is 12.0. The predicted octanol–water partition coefficient (Wildman–Crippen LogP) is 2.96. The molecule has 2 saturated heterocycles. The number of carbonyl (C=O) groups excluding carboxylic acids is 1. The summed E-state index contributed by atoms with van der Waals surface area (Å²) in [4.78, 5) is 16.6. The smallest absolute Gasteiger partial charge is 0.219 e. The molecule has 1 spiro atoms. The first-order valence-corrected chi connectivity index (χ1v) is 8.15. The van der Waals surface area contributed by atoms with Crippen molar-refractivity contribution < 1.29 is 9.21 Å². The maximum absolute atomic E-state index is 12.0. The molecule has 1 atom stereocenters. The average molecular weight is 290 g/mol. The van der Waals surface area contributed by atoms with Gasteiger partial charge < -0.3 is 9.32 Å². The summed E-state index contributed by atoms with van der Waals surface area (Å²) in [5.41, 5.74) is 0.0734. The minimum Gasteiger partial charge on any atom is -0.465 e. The van der Waals surface area contributed by atoms with Gasteiger partial charge in [0.2, 0.25) is 5.91 Å². The first-order valence-electron chi connectivity index (χ1n) is 8.15. The molecule has 1 aromatic rings. The van der Waals surface area contributed by atoms with Gasteiger partial charge in [-0.05, 0) is 57.7 Å². The summed E-state index contributed by atoms with van der Waals surface area (Å²) in [6.07, 6.45) is 5.88. The van der Waals surface area contributed by atoms with E-state index in [0.29, 0.717) is 0 Å². The number of rotatable bonds is 2. The molecule has 1 amide bonds. The van der Waals surface area contributed by atoms with Gasteiger partial charge in [-0.25, -0.2) is 0 Å². The van der Waals surface area contributed by atoms with Crippen LogP contribution in [-0.4, -0.2) is 40.9 Å². The van der Waals surface area contributed by atoms with E-state index in [9.17, 15) is 4.79 Å². The summed E-state index contributed by atoms with van der Waals surface area (Å²) >= 11 is 0. The summed E-state index contributed by atoms with van der Waals surface area (Å²) in [5, 5.41) is 0. The fraction of sp³-hybridized carbons (Fsp3) is 0.706. The topological polar surface area (TPSA) is 36.7 Å². The minimum absolute atomic E-state index is 0.0734. The highest BCUT2D eigenvalue weighted by molar-refractivity contribution is 5.74. The number of nitrogens with zero attached hydrogens (tertiary/aromatic N) is 2. The zero-order chi connectivity index (χ0) is 14.9. The molecule has 0 saturated carbocycles. The molecule has 1 aromatic heterocycles. The van der Waals surface area contributed by atoms with Crippen LogP contribution in [0.2, 0.25) is 0 Å². The fourth-order valence-corrected chi connectivity index (χ4v) is 4.14. The van der Waals surface area contributed by atoms with Crippen LogP contribution >= 0.6 is 0 Å². The van der Waals surface area contributed by atoms with Crippen molar-refractivity contribution >= 4 is 5.91 Å². The Labute approximate surface area is 127 Å². The zero-order valence-electron chi connectivity index (χ0n) is 13.2. The average Bonchev–Trinajstić information content (AvgIpc) is 2.84. The van der Waals surface area contributed by atoms with Crippen molar-refractivity contribution in [3.63, 3.8) is 0 Å². The van der Waals surface area contributed by atoms with E-state index < -0.39 is 0 Å². The third-order valence-electron chi connectivity index (χ3n) is 5.04. The van der Waals surface area contributed by atoms with Crippen LogP contribution in [0.5, 0.6) is 0 Å². The van der Waals surface area contributed by atoms with Gasteiger partial charge in [-0.2, -0.15) is 0 Å². The molecule has 2 aliphatic rings. The van der Waals surface area contributed by atoms with Gasteiger partial charge in [-0.15, -0.1) is 0 Å². The number of carbonyl (C=O) groups is 1. The van der Waals surface area contributed by atoms with Crippen LogP contribution in [-0.2, 0) is 11.3 Å². The molecule has 0 bridgehead atoms. The zero-order valence-corrected chi connectivity index (χ0v) is 13.2. The highest BCUT2D eigenvalue weighted by atomic mass is 16.3. The third kappa shape index (κ3) is 3.00. The first-order chi connectivity index (χ1) is 10.1. The largest absolute Gasteiger partial charge is 0.465 e. The molecule has 21 heavy (non-hydrogen) atoms. The number of hydrogen-bond acceptors (Lipinski definition) is 3. The van der Waals surface area contributed by atoms with E-state index in [4.69, 9.17) is 4.42 Å².